The number of aliphatic hydroxyl groups is 1. The highest BCUT2D eigenvalue weighted by atomic mass is 19.1. The number of hydrogen-bond donors (Lipinski definition) is 2. The van der Waals surface area contributed by atoms with Crippen LogP contribution in [0.3, 0.4) is 0 Å². The van der Waals surface area contributed by atoms with Crippen LogP contribution in [0.15, 0.2) is 24.3 Å². The molecule has 4 heteroatoms. The summed E-state index contributed by atoms with van der Waals surface area (Å²) in [6, 6.07) is 6.03. The van der Waals surface area contributed by atoms with Crippen molar-refractivity contribution in [1.82, 2.24) is 0 Å². The van der Waals surface area contributed by atoms with E-state index in [1.54, 1.807) is 12.1 Å². The summed E-state index contributed by atoms with van der Waals surface area (Å²) in [7, 11) is 0. The molecule has 0 aromatic heterocycles. The predicted octanol–water partition coefficient (Wildman–Crippen LogP) is 0.524. The van der Waals surface area contributed by atoms with Crippen LogP contribution in [0.5, 0.6) is 5.75 Å². The zero-order chi connectivity index (χ0) is 9.68. The summed E-state index contributed by atoms with van der Waals surface area (Å²) >= 11 is 0. The Hall–Kier alpha value is -1.13. The molecule has 0 bridgehead atoms. The van der Waals surface area contributed by atoms with E-state index in [0.29, 0.717) is 0 Å². The van der Waals surface area contributed by atoms with E-state index in [2.05, 4.69) is 0 Å². The van der Waals surface area contributed by atoms with E-state index in [4.69, 9.17) is 15.6 Å². The van der Waals surface area contributed by atoms with E-state index >= 15 is 0 Å². The van der Waals surface area contributed by atoms with Gasteiger partial charge in [0.15, 0.2) is 11.6 Å². The Kier molecular flexibility index (Phi) is 3.67. The van der Waals surface area contributed by atoms with Gasteiger partial charge in [-0.05, 0) is 12.1 Å². The van der Waals surface area contributed by atoms with Crippen molar-refractivity contribution >= 4 is 0 Å². The normalized spacial score (nSPS) is 12.5. The minimum Gasteiger partial charge on any atom is -0.488 e. The number of halogens is 1. The zero-order valence-electron chi connectivity index (χ0n) is 7.11. The van der Waals surface area contributed by atoms with Gasteiger partial charge < -0.3 is 15.6 Å². The van der Waals surface area contributed by atoms with Crippen LogP contribution in [0, 0.1) is 5.82 Å². The van der Waals surface area contributed by atoms with Gasteiger partial charge in [-0.2, -0.15) is 0 Å². The molecule has 0 aliphatic carbocycles. The van der Waals surface area contributed by atoms with Gasteiger partial charge in [-0.25, -0.2) is 4.39 Å². The van der Waals surface area contributed by atoms with Crippen LogP contribution in [0.25, 0.3) is 0 Å². The number of benzene rings is 1. The van der Waals surface area contributed by atoms with Crippen LogP contribution >= 0.6 is 0 Å². The highest BCUT2D eigenvalue weighted by Crippen LogP contribution is 2.15. The molecule has 0 radical (unpaired) electrons. The predicted molar refractivity (Wildman–Crippen MR) is 47.0 cm³/mol. The van der Waals surface area contributed by atoms with Crippen LogP contribution in [0.4, 0.5) is 4.39 Å². The maximum Gasteiger partial charge on any atom is 0.165 e. The van der Waals surface area contributed by atoms with Crippen LogP contribution in [-0.2, 0) is 0 Å². The van der Waals surface area contributed by atoms with E-state index in [9.17, 15) is 4.39 Å². The number of nitrogens with two attached hydrogens (primary N) is 1. The molecular formula is C9H12FNO2. The second-order valence-corrected chi connectivity index (χ2v) is 2.63. The first kappa shape index (κ1) is 9.95. The highest BCUT2D eigenvalue weighted by molar-refractivity contribution is 5.23. The van der Waals surface area contributed by atoms with Gasteiger partial charge in [-0.15, -0.1) is 0 Å². The third-order valence-corrected chi connectivity index (χ3v) is 1.54. The van der Waals surface area contributed by atoms with Crippen molar-refractivity contribution in [1.29, 1.82) is 0 Å². The van der Waals surface area contributed by atoms with Crippen molar-refractivity contribution in [2.24, 2.45) is 5.73 Å². The molecule has 1 rings (SSSR count). The Balaban J connectivity index is 2.50. The summed E-state index contributed by atoms with van der Waals surface area (Å²) in [6.45, 7) is 0.117. The molecule has 72 valence electrons. The number of aliphatic hydroxyl groups excluding tert-OH is 1. The molecule has 0 amide bonds. The first-order chi connectivity index (χ1) is 6.24. The Morgan fingerprint density at radius 3 is 2.77 bits per heavy atom. The Morgan fingerprint density at radius 1 is 1.46 bits per heavy atom. The second-order valence-electron chi connectivity index (χ2n) is 2.63. The van der Waals surface area contributed by atoms with E-state index in [1.807, 2.05) is 0 Å². The summed E-state index contributed by atoms with van der Waals surface area (Å²) in [4.78, 5) is 0. The molecule has 0 fully saturated rings. The van der Waals surface area contributed by atoms with Crippen molar-refractivity contribution in [2.45, 2.75) is 6.10 Å². The molecule has 1 aromatic carbocycles. The Morgan fingerprint density at radius 2 is 2.15 bits per heavy atom. The zero-order valence-corrected chi connectivity index (χ0v) is 7.11. The smallest absolute Gasteiger partial charge is 0.165 e. The largest absolute Gasteiger partial charge is 0.488 e. The van der Waals surface area contributed by atoms with Gasteiger partial charge in [-0.1, -0.05) is 12.1 Å². The summed E-state index contributed by atoms with van der Waals surface area (Å²) < 4.78 is 17.9. The SMILES string of the molecule is NC[C@H](O)COc1ccccc1F. The lowest BCUT2D eigenvalue weighted by Gasteiger charge is -2.10. The van der Waals surface area contributed by atoms with Gasteiger partial charge >= 0.3 is 0 Å². The second kappa shape index (κ2) is 4.79. The molecule has 0 unspecified atom stereocenters. The fourth-order valence-corrected chi connectivity index (χ4v) is 0.816. The van der Waals surface area contributed by atoms with Gasteiger partial charge in [0, 0.05) is 6.54 Å². The maximum atomic E-state index is 12.9. The average molecular weight is 185 g/mol. The minimum absolute atomic E-state index is 0.0113. The third-order valence-electron chi connectivity index (χ3n) is 1.54. The minimum atomic E-state index is -0.750. The summed E-state index contributed by atoms with van der Waals surface area (Å²) in [6.07, 6.45) is -0.750. The first-order valence-electron chi connectivity index (χ1n) is 3.99. The molecule has 0 heterocycles. The van der Waals surface area contributed by atoms with Crippen LogP contribution in [0.1, 0.15) is 0 Å². The van der Waals surface area contributed by atoms with Gasteiger partial charge in [0.2, 0.25) is 0 Å². The van der Waals surface area contributed by atoms with Crippen molar-refractivity contribution in [3.8, 4) is 5.75 Å². The lowest BCUT2D eigenvalue weighted by atomic mass is 10.3. The van der Waals surface area contributed by atoms with E-state index in [1.165, 1.54) is 12.1 Å². The standard InChI is InChI=1S/C9H12FNO2/c10-8-3-1-2-4-9(8)13-6-7(12)5-11/h1-4,7,12H,5-6,11H2/t7-/m0/s1. The van der Waals surface area contributed by atoms with E-state index in [0.717, 1.165) is 0 Å². The van der Waals surface area contributed by atoms with E-state index in [-0.39, 0.29) is 18.9 Å². The Labute approximate surface area is 75.9 Å². The van der Waals surface area contributed by atoms with Crippen molar-refractivity contribution in [3.05, 3.63) is 30.1 Å². The molecular weight excluding hydrogens is 173 g/mol. The number of rotatable bonds is 4. The monoisotopic (exact) mass is 185 g/mol. The third kappa shape index (κ3) is 3.01. The molecule has 0 saturated heterocycles. The molecule has 0 saturated carbocycles. The molecule has 3 N–H and O–H groups in total. The fourth-order valence-electron chi connectivity index (χ4n) is 0.816. The van der Waals surface area contributed by atoms with Crippen molar-refractivity contribution in [3.63, 3.8) is 0 Å². The van der Waals surface area contributed by atoms with Crippen molar-refractivity contribution < 1.29 is 14.2 Å². The average Bonchev–Trinajstić information content (AvgIpc) is 2.16. The molecule has 0 aliphatic heterocycles. The first-order valence-corrected chi connectivity index (χ1v) is 3.99. The highest BCUT2D eigenvalue weighted by Gasteiger charge is 2.05. The molecule has 1 atom stereocenters. The summed E-state index contributed by atoms with van der Waals surface area (Å²) in [5.74, 6) is -0.304. The lowest BCUT2D eigenvalue weighted by molar-refractivity contribution is 0.112. The van der Waals surface area contributed by atoms with Gasteiger partial charge in [0.05, 0.1) is 0 Å². The number of ether oxygens (including phenoxy) is 1. The van der Waals surface area contributed by atoms with Crippen LogP contribution in [0.2, 0.25) is 0 Å². The van der Waals surface area contributed by atoms with Gasteiger partial charge in [-0.3, -0.25) is 0 Å². The summed E-state index contributed by atoms with van der Waals surface area (Å²) in [5.41, 5.74) is 5.15. The molecule has 0 aliphatic rings. The van der Waals surface area contributed by atoms with Gasteiger partial charge in [0.1, 0.15) is 12.7 Å². The number of hydrogen-bond acceptors (Lipinski definition) is 3. The summed E-state index contributed by atoms with van der Waals surface area (Å²) in [5, 5.41) is 9.04. The van der Waals surface area contributed by atoms with Gasteiger partial charge in [0.25, 0.3) is 0 Å². The molecule has 0 spiro atoms. The van der Waals surface area contributed by atoms with E-state index < -0.39 is 11.9 Å². The maximum absolute atomic E-state index is 12.9. The fraction of sp³-hybridized carbons (Fsp3) is 0.333. The van der Waals surface area contributed by atoms with Crippen LogP contribution < -0.4 is 10.5 Å². The molecule has 1 aromatic rings. The Bertz CT molecular complexity index is 268. The molecule has 13 heavy (non-hydrogen) atoms. The lowest BCUT2D eigenvalue weighted by Crippen LogP contribution is -2.26. The van der Waals surface area contributed by atoms with Crippen LogP contribution in [-0.4, -0.2) is 24.4 Å². The molecule has 3 nitrogen and oxygen atoms in total. The number of para-hydroxylation sites is 1. The topological polar surface area (TPSA) is 55.5 Å². The quantitative estimate of drug-likeness (QED) is 0.719. The van der Waals surface area contributed by atoms with Crippen molar-refractivity contribution in [2.75, 3.05) is 13.2 Å².